The average molecular weight is 326 g/mol. The Morgan fingerprint density at radius 1 is 1.12 bits per heavy atom. The first kappa shape index (κ1) is 17.9. The quantitative estimate of drug-likeness (QED) is 0.748. The van der Waals surface area contributed by atoms with Crippen LogP contribution in [-0.4, -0.2) is 12.5 Å². The number of nitrogens with two attached hydrogens (primary N) is 1. The standard InChI is InChI=1S/C20H26N2O2/c1-4-9-24-19-7-5-16(13-18(19)21)6-8-20(23)22-17-11-14(2)10-15(3)12-17/h5,7,10-13H,4,6,8-9,21H2,1-3H3,(H,22,23). The molecule has 0 saturated heterocycles. The Morgan fingerprint density at radius 3 is 2.46 bits per heavy atom. The molecule has 2 aromatic carbocycles. The van der Waals surface area contributed by atoms with Crippen molar-refractivity contribution < 1.29 is 9.53 Å². The molecule has 4 heteroatoms. The number of nitrogen functional groups attached to an aromatic ring is 1. The van der Waals surface area contributed by atoms with Crippen molar-refractivity contribution in [3.63, 3.8) is 0 Å². The predicted molar refractivity (Wildman–Crippen MR) is 99.5 cm³/mol. The van der Waals surface area contributed by atoms with Gasteiger partial charge in [-0.1, -0.05) is 19.1 Å². The molecule has 0 bridgehead atoms. The molecule has 2 rings (SSSR count). The third kappa shape index (κ3) is 5.30. The maximum absolute atomic E-state index is 12.1. The topological polar surface area (TPSA) is 64.3 Å². The van der Waals surface area contributed by atoms with Gasteiger partial charge in [0.15, 0.2) is 0 Å². The van der Waals surface area contributed by atoms with E-state index < -0.39 is 0 Å². The fourth-order valence-corrected chi connectivity index (χ4v) is 2.63. The minimum Gasteiger partial charge on any atom is -0.491 e. The maximum Gasteiger partial charge on any atom is 0.224 e. The monoisotopic (exact) mass is 326 g/mol. The van der Waals surface area contributed by atoms with Gasteiger partial charge in [0.1, 0.15) is 5.75 Å². The van der Waals surface area contributed by atoms with E-state index in [9.17, 15) is 4.79 Å². The summed E-state index contributed by atoms with van der Waals surface area (Å²) in [5, 5.41) is 2.95. The SMILES string of the molecule is CCCOc1ccc(CCC(=O)Nc2cc(C)cc(C)c2)cc1N. The first-order valence-electron chi connectivity index (χ1n) is 8.37. The van der Waals surface area contributed by atoms with Crippen LogP contribution in [0.3, 0.4) is 0 Å². The van der Waals surface area contributed by atoms with Crippen LogP contribution in [0.25, 0.3) is 0 Å². The second kappa shape index (κ2) is 8.39. The third-order valence-electron chi connectivity index (χ3n) is 3.68. The van der Waals surface area contributed by atoms with Gasteiger partial charge in [0.2, 0.25) is 5.91 Å². The Kier molecular flexibility index (Phi) is 6.24. The number of hydrogen-bond donors (Lipinski definition) is 2. The van der Waals surface area contributed by atoms with Crippen molar-refractivity contribution in [3.05, 3.63) is 53.1 Å². The summed E-state index contributed by atoms with van der Waals surface area (Å²) in [7, 11) is 0. The number of ether oxygens (including phenoxy) is 1. The zero-order valence-corrected chi connectivity index (χ0v) is 14.7. The molecule has 128 valence electrons. The smallest absolute Gasteiger partial charge is 0.224 e. The Labute approximate surface area is 144 Å². The van der Waals surface area contributed by atoms with Gasteiger partial charge in [0.05, 0.1) is 12.3 Å². The van der Waals surface area contributed by atoms with Crippen LogP contribution in [0.1, 0.15) is 36.5 Å². The van der Waals surface area contributed by atoms with E-state index in [1.54, 1.807) is 0 Å². The molecule has 0 aliphatic carbocycles. The number of benzene rings is 2. The molecule has 0 aliphatic rings. The second-order valence-corrected chi connectivity index (χ2v) is 6.15. The van der Waals surface area contributed by atoms with Crippen molar-refractivity contribution in [1.29, 1.82) is 0 Å². The van der Waals surface area contributed by atoms with E-state index in [0.717, 1.165) is 28.8 Å². The van der Waals surface area contributed by atoms with E-state index in [4.69, 9.17) is 10.5 Å². The van der Waals surface area contributed by atoms with Crippen LogP contribution in [0, 0.1) is 13.8 Å². The van der Waals surface area contributed by atoms with Gasteiger partial charge in [0, 0.05) is 12.1 Å². The molecule has 0 fully saturated rings. The summed E-state index contributed by atoms with van der Waals surface area (Å²) in [4.78, 5) is 12.1. The lowest BCUT2D eigenvalue weighted by Crippen LogP contribution is -2.12. The summed E-state index contributed by atoms with van der Waals surface area (Å²) in [5.41, 5.74) is 10.8. The highest BCUT2D eigenvalue weighted by atomic mass is 16.5. The molecule has 0 aromatic heterocycles. The number of amides is 1. The van der Waals surface area contributed by atoms with Gasteiger partial charge in [-0.05, 0) is 67.6 Å². The Hall–Kier alpha value is -2.49. The molecule has 0 unspecified atom stereocenters. The lowest BCUT2D eigenvalue weighted by molar-refractivity contribution is -0.116. The normalized spacial score (nSPS) is 10.5. The van der Waals surface area contributed by atoms with Gasteiger partial charge in [-0.25, -0.2) is 0 Å². The Morgan fingerprint density at radius 2 is 1.83 bits per heavy atom. The van der Waals surface area contributed by atoms with Gasteiger partial charge >= 0.3 is 0 Å². The van der Waals surface area contributed by atoms with Gasteiger partial charge in [-0.2, -0.15) is 0 Å². The molecule has 24 heavy (non-hydrogen) atoms. The Balaban J connectivity index is 1.90. The molecule has 3 N–H and O–H groups in total. The van der Waals surface area contributed by atoms with E-state index in [-0.39, 0.29) is 5.91 Å². The zero-order chi connectivity index (χ0) is 17.5. The number of hydrogen-bond acceptors (Lipinski definition) is 3. The van der Waals surface area contributed by atoms with Crippen LogP contribution in [0.4, 0.5) is 11.4 Å². The van der Waals surface area contributed by atoms with E-state index in [2.05, 4.69) is 18.3 Å². The molecule has 0 aliphatic heterocycles. The van der Waals surface area contributed by atoms with E-state index in [1.165, 1.54) is 0 Å². The molecule has 0 spiro atoms. The summed E-state index contributed by atoms with van der Waals surface area (Å²) in [6.45, 7) is 6.75. The molecular formula is C20H26N2O2. The summed E-state index contributed by atoms with van der Waals surface area (Å²) in [6, 6.07) is 11.8. The predicted octanol–water partition coefficient (Wildman–Crippen LogP) is 4.25. The van der Waals surface area contributed by atoms with Crippen LogP contribution in [-0.2, 0) is 11.2 Å². The fourth-order valence-electron chi connectivity index (χ4n) is 2.63. The largest absolute Gasteiger partial charge is 0.491 e. The summed E-state index contributed by atoms with van der Waals surface area (Å²) >= 11 is 0. The lowest BCUT2D eigenvalue weighted by atomic mass is 10.1. The van der Waals surface area contributed by atoms with E-state index in [0.29, 0.717) is 30.9 Å². The molecule has 1 amide bonds. The highest BCUT2D eigenvalue weighted by Crippen LogP contribution is 2.23. The first-order valence-corrected chi connectivity index (χ1v) is 8.37. The van der Waals surface area contributed by atoms with Gasteiger partial charge in [0.25, 0.3) is 0 Å². The summed E-state index contributed by atoms with van der Waals surface area (Å²) in [6.07, 6.45) is 2.01. The highest BCUT2D eigenvalue weighted by molar-refractivity contribution is 5.91. The second-order valence-electron chi connectivity index (χ2n) is 6.15. The van der Waals surface area contributed by atoms with Gasteiger partial charge in [-0.3, -0.25) is 4.79 Å². The van der Waals surface area contributed by atoms with Crippen LogP contribution in [0.2, 0.25) is 0 Å². The van der Waals surface area contributed by atoms with Crippen LogP contribution in [0.5, 0.6) is 5.75 Å². The van der Waals surface area contributed by atoms with Gasteiger partial charge < -0.3 is 15.8 Å². The molecular weight excluding hydrogens is 300 g/mol. The average Bonchev–Trinajstić information content (AvgIpc) is 2.51. The Bertz CT molecular complexity index is 691. The molecule has 0 atom stereocenters. The zero-order valence-electron chi connectivity index (χ0n) is 14.7. The molecule has 0 heterocycles. The lowest BCUT2D eigenvalue weighted by Gasteiger charge is -2.10. The van der Waals surface area contributed by atoms with Crippen molar-refractivity contribution in [2.75, 3.05) is 17.7 Å². The van der Waals surface area contributed by atoms with Crippen molar-refractivity contribution in [2.45, 2.75) is 40.0 Å². The number of carbonyl (C=O) groups excluding carboxylic acids is 1. The minimum atomic E-state index is 0.00452. The molecule has 0 radical (unpaired) electrons. The van der Waals surface area contributed by atoms with Crippen molar-refractivity contribution >= 4 is 17.3 Å². The number of anilines is 2. The van der Waals surface area contributed by atoms with Crippen molar-refractivity contribution in [2.24, 2.45) is 0 Å². The highest BCUT2D eigenvalue weighted by Gasteiger charge is 2.06. The molecule has 2 aromatic rings. The number of carbonyl (C=O) groups is 1. The molecule has 0 saturated carbocycles. The third-order valence-corrected chi connectivity index (χ3v) is 3.68. The van der Waals surface area contributed by atoms with Crippen molar-refractivity contribution in [3.8, 4) is 5.75 Å². The fraction of sp³-hybridized carbons (Fsp3) is 0.350. The number of nitrogens with one attached hydrogen (secondary N) is 1. The number of rotatable bonds is 7. The van der Waals surface area contributed by atoms with E-state index in [1.807, 2.05) is 44.2 Å². The van der Waals surface area contributed by atoms with Crippen molar-refractivity contribution in [1.82, 2.24) is 0 Å². The van der Waals surface area contributed by atoms with Gasteiger partial charge in [-0.15, -0.1) is 0 Å². The minimum absolute atomic E-state index is 0.00452. The van der Waals surface area contributed by atoms with E-state index >= 15 is 0 Å². The maximum atomic E-state index is 12.1. The van der Waals surface area contributed by atoms with Crippen LogP contribution < -0.4 is 15.8 Å². The number of aryl methyl sites for hydroxylation is 3. The van der Waals surface area contributed by atoms with Crippen LogP contribution in [0.15, 0.2) is 36.4 Å². The van der Waals surface area contributed by atoms with Crippen LogP contribution >= 0.6 is 0 Å². The summed E-state index contributed by atoms with van der Waals surface area (Å²) in [5.74, 6) is 0.713. The molecule has 4 nitrogen and oxygen atoms in total. The summed E-state index contributed by atoms with van der Waals surface area (Å²) < 4.78 is 5.56. The first-order chi connectivity index (χ1) is 11.5.